The predicted octanol–water partition coefficient (Wildman–Crippen LogP) is 1.06. The van der Waals surface area contributed by atoms with Crippen molar-refractivity contribution in [2.75, 3.05) is 0 Å². The highest BCUT2D eigenvalue weighted by molar-refractivity contribution is 4.97. The summed E-state index contributed by atoms with van der Waals surface area (Å²) in [5, 5.41) is 3.66. The normalized spacial score (nSPS) is 48.5. The number of rotatable bonds is 2. The summed E-state index contributed by atoms with van der Waals surface area (Å²) in [6.07, 6.45) is 7.86. The van der Waals surface area contributed by atoms with E-state index in [0.29, 0.717) is 18.2 Å². The summed E-state index contributed by atoms with van der Waals surface area (Å²) in [5.41, 5.74) is 0. The molecule has 0 aromatic heterocycles. The Kier molecular flexibility index (Phi) is 1.29. The standard InChI is InChI=1S/C9H15NO/c1-2-6(1)10-8-5-7-3-4-9(8)11-7/h6-10H,1-5H2. The van der Waals surface area contributed by atoms with E-state index < -0.39 is 0 Å². The SMILES string of the molecule is C1CC1NC1CC2CCC1O2. The minimum absolute atomic E-state index is 0.570. The maximum atomic E-state index is 5.75. The van der Waals surface area contributed by atoms with Crippen LogP contribution in [0.25, 0.3) is 0 Å². The van der Waals surface area contributed by atoms with E-state index in [-0.39, 0.29) is 0 Å². The molecule has 3 atom stereocenters. The van der Waals surface area contributed by atoms with E-state index in [1.165, 1.54) is 32.1 Å². The van der Waals surface area contributed by atoms with E-state index >= 15 is 0 Å². The van der Waals surface area contributed by atoms with Crippen LogP contribution < -0.4 is 5.32 Å². The predicted molar refractivity (Wildman–Crippen MR) is 42.5 cm³/mol. The fourth-order valence-electron chi connectivity index (χ4n) is 2.37. The van der Waals surface area contributed by atoms with Crippen LogP contribution >= 0.6 is 0 Å². The molecule has 0 spiro atoms. The zero-order valence-corrected chi connectivity index (χ0v) is 6.75. The molecule has 3 rings (SSSR count). The molecule has 1 N–H and O–H groups in total. The molecule has 2 bridgehead atoms. The zero-order chi connectivity index (χ0) is 7.26. The van der Waals surface area contributed by atoms with Gasteiger partial charge in [-0.3, -0.25) is 0 Å². The van der Waals surface area contributed by atoms with Crippen molar-refractivity contribution >= 4 is 0 Å². The molecule has 2 nitrogen and oxygen atoms in total. The largest absolute Gasteiger partial charge is 0.373 e. The Balaban J connectivity index is 1.62. The first kappa shape index (κ1) is 6.44. The van der Waals surface area contributed by atoms with Crippen LogP contribution in [0.2, 0.25) is 0 Å². The highest BCUT2D eigenvalue weighted by Gasteiger charge is 2.42. The molecule has 0 radical (unpaired) electrons. The molecule has 3 aliphatic rings. The average Bonchev–Trinajstić information content (AvgIpc) is 2.61. The lowest BCUT2D eigenvalue weighted by molar-refractivity contribution is 0.0972. The number of ether oxygens (including phenoxy) is 1. The third kappa shape index (κ3) is 1.09. The summed E-state index contributed by atoms with van der Waals surface area (Å²) in [5.74, 6) is 0. The van der Waals surface area contributed by atoms with E-state index in [0.717, 1.165) is 6.04 Å². The van der Waals surface area contributed by atoms with Gasteiger partial charge >= 0.3 is 0 Å². The monoisotopic (exact) mass is 153 g/mol. The molecular formula is C9H15NO. The molecule has 11 heavy (non-hydrogen) atoms. The first-order valence-corrected chi connectivity index (χ1v) is 4.83. The molecule has 2 saturated heterocycles. The van der Waals surface area contributed by atoms with Gasteiger partial charge in [0.05, 0.1) is 12.2 Å². The van der Waals surface area contributed by atoms with Crippen LogP contribution in [-0.4, -0.2) is 24.3 Å². The Bertz CT molecular complexity index is 167. The topological polar surface area (TPSA) is 21.3 Å². The van der Waals surface area contributed by atoms with Gasteiger partial charge in [0.1, 0.15) is 0 Å². The van der Waals surface area contributed by atoms with Crippen molar-refractivity contribution in [1.82, 2.24) is 5.32 Å². The third-order valence-corrected chi connectivity index (χ3v) is 3.13. The van der Waals surface area contributed by atoms with Crippen molar-refractivity contribution in [2.24, 2.45) is 0 Å². The Hall–Kier alpha value is -0.0800. The van der Waals surface area contributed by atoms with Crippen molar-refractivity contribution in [3.8, 4) is 0 Å². The highest BCUT2D eigenvalue weighted by Crippen LogP contribution is 2.35. The average molecular weight is 153 g/mol. The van der Waals surface area contributed by atoms with E-state index in [1.807, 2.05) is 0 Å². The lowest BCUT2D eigenvalue weighted by Gasteiger charge is -2.19. The smallest absolute Gasteiger partial charge is 0.0733 e. The van der Waals surface area contributed by atoms with Gasteiger partial charge in [0.25, 0.3) is 0 Å². The number of nitrogens with one attached hydrogen (secondary N) is 1. The minimum Gasteiger partial charge on any atom is -0.373 e. The lowest BCUT2D eigenvalue weighted by atomic mass is 9.95. The van der Waals surface area contributed by atoms with E-state index in [9.17, 15) is 0 Å². The van der Waals surface area contributed by atoms with E-state index in [2.05, 4.69) is 5.32 Å². The molecular weight excluding hydrogens is 138 g/mol. The fraction of sp³-hybridized carbons (Fsp3) is 1.00. The molecule has 2 aliphatic heterocycles. The Morgan fingerprint density at radius 2 is 2.00 bits per heavy atom. The molecule has 62 valence electrons. The van der Waals surface area contributed by atoms with Crippen LogP contribution in [0.3, 0.4) is 0 Å². The van der Waals surface area contributed by atoms with Crippen LogP contribution in [0, 0.1) is 0 Å². The van der Waals surface area contributed by atoms with Crippen LogP contribution in [0.4, 0.5) is 0 Å². The van der Waals surface area contributed by atoms with Gasteiger partial charge in [-0.1, -0.05) is 0 Å². The van der Waals surface area contributed by atoms with Gasteiger partial charge in [-0.05, 0) is 32.1 Å². The summed E-state index contributed by atoms with van der Waals surface area (Å²) in [6, 6.07) is 1.56. The fourth-order valence-corrected chi connectivity index (χ4v) is 2.37. The summed E-state index contributed by atoms with van der Waals surface area (Å²) in [7, 11) is 0. The molecule has 0 amide bonds. The molecule has 0 aromatic carbocycles. The first-order valence-electron chi connectivity index (χ1n) is 4.83. The Morgan fingerprint density at radius 3 is 2.55 bits per heavy atom. The van der Waals surface area contributed by atoms with Crippen molar-refractivity contribution in [2.45, 2.75) is 56.4 Å². The second kappa shape index (κ2) is 2.20. The van der Waals surface area contributed by atoms with Gasteiger partial charge in [0.2, 0.25) is 0 Å². The van der Waals surface area contributed by atoms with Gasteiger partial charge in [0, 0.05) is 12.1 Å². The van der Waals surface area contributed by atoms with Crippen molar-refractivity contribution in [3.63, 3.8) is 0 Å². The quantitative estimate of drug-likeness (QED) is 0.640. The number of hydrogen-bond acceptors (Lipinski definition) is 2. The van der Waals surface area contributed by atoms with Gasteiger partial charge in [0.15, 0.2) is 0 Å². The molecule has 1 aliphatic carbocycles. The van der Waals surface area contributed by atoms with Crippen LogP contribution in [-0.2, 0) is 4.74 Å². The Labute approximate surface area is 67.3 Å². The third-order valence-electron chi connectivity index (χ3n) is 3.13. The second-order valence-corrected chi connectivity index (χ2v) is 4.16. The van der Waals surface area contributed by atoms with Crippen molar-refractivity contribution in [3.05, 3.63) is 0 Å². The second-order valence-electron chi connectivity index (χ2n) is 4.16. The molecule has 1 saturated carbocycles. The molecule has 3 unspecified atom stereocenters. The van der Waals surface area contributed by atoms with E-state index in [1.54, 1.807) is 0 Å². The Morgan fingerprint density at radius 1 is 1.09 bits per heavy atom. The summed E-state index contributed by atoms with van der Waals surface area (Å²) < 4.78 is 5.75. The van der Waals surface area contributed by atoms with Crippen molar-refractivity contribution < 1.29 is 4.74 Å². The zero-order valence-electron chi connectivity index (χ0n) is 6.75. The van der Waals surface area contributed by atoms with Crippen molar-refractivity contribution in [1.29, 1.82) is 0 Å². The number of hydrogen-bond donors (Lipinski definition) is 1. The van der Waals surface area contributed by atoms with E-state index in [4.69, 9.17) is 4.74 Å². The molecule has 0 aromatic rings. The van der Waals surface area contributed by atoms with Gasteiger partial charge in [-0.25, -0.2) is 0 Å². The van der Waals surface area contributed by atoms with Crippen LogP contribution in [0.15, 0.2) is 0 Å². The molecule has 2 heterocycles. The minimum atomic E-state index is 0.570. The summed E-state index contributed by atoms with van der Waals surface area (Å²) in [6.45, 7) is 0. The maximum Gasteiger partial charge on any atom is 0.0733 e. The highest BCUT2D eigenvalue weighted by atomic mass is 16.5. The molecule has 2 heteroatoms. The number of fused-ring (bicyclic) bond motifs is 2. The first-order chi connectivity index (χ1) is 5.42. The van der Waals surface area contributed by atoms with Gasteiger partial charge < -0.3 is 10.1 Å². The summed E-state index contributed by atoms with van der Waals surface area (Å²) in [4.78, 5) is 0. The molecule has 3 fully saturated rings. The summed E-state index contributed by atoms with van der Waals surface area (Å²) >= 11 is 0. The van der Waals surface area contributed by atoms with Gasteiger partial charge in [-0.2, -0.15) is 0 Å². The van der Waals surface area contributed by atoms with Crippen LogP contribution in [0.5, 0.6) is 0 Å². The van der Waals surface area contributed by atoms with Crippen LogP contribution in [0.1, 0.15) is 32.1 Å². The lowest BCUT2D eigenvalue weighted by Crippen LogP contribution is -2.38. The van der Waals surface area contributed by atoms with Gasteiger partial charge in [-0.15, -0.1) is 0 Å². The maximum absolute atomic E-state index is 5.75.